The van der Waals surface area contributed by atoms with Gasteiger partial charge in [0.25, 0.3) is 5.91 Å². The second-order valence-electron chi connectivity index (χ2n) is 6.38. The van der Waals surface area contributed by atoms with Crippen LogP contribution < -0.4 is 15.2 Å². The number of nitrogens with one attached hydrogen (secondary N) is 1. The molecule has 1 aromatic heterocycles. The summed E-state index contributed by atoms with van der Waals surface area (Å²) in [4.78, 5) is 14.6. The molecule has 0 spiro atoms. The average molecular weight is 344 g/mol. The first kappa shape index (κ1) is 17.3. The van der Waals surface area contributed by atoms with Crippen molar-refractivity contribution in [2.45, 2.75) is 19.4 Å². The van der Waals surface area contributed by atoms with Crippen LogP contribution in [0.3, 0.4) is 0 Å². The number of aromatic nitrogens is 2. The highest BCUT2D eigenvalue weighted by atomic mass is 16.5. The van der Waals surface area contributed by atoms with E-state index in [2.05, 4.69) is 17.1 Å². The van der Waals surface area contributed by atoms with Gasteiger partial charge in [-0.1, -0.05) is 0 Å². The minimum Gasteiger partial charge on any atom is -0.493 e. The number of benzene rings is 1. The highest BCUT2D eigenvalue weighted by Crippen LogP contribution is 2.32. The molecule has 1 amide bonds. The van der Waals surface area contributed by atoms with Crippen LogP contribution >= 0.6 is 0 Å². The third-order valence-electron chi connectivity index (χ3n) is 4.74. The molecule has 2 atom stereocenters. The number of ether oxygens (including phenoxy) is 2. The molecule has 0 radical (unpaired) electrons. The van der Waals surface area contributed by atoms with Crippen molar-refractivity contribution in [2.75, 3.05) is 27.3 Å². The summed E-state index contributed by atoms with van der Waals surface area (Å²) in [6.45, 7) is 3.36. The number of nitrogens with zero attached hydrogens (tertiary/aromatic N) is 2. The van der Waals surface area contributed by atoms with Gasteiger partial charge < -0.3 is 20.1 Å². The Kier molecular flexibility index (Phi) is 4.94. The van der Waals surface area contributed by atoms with Gasteiger partial charge in [-0.2, -0.15) is 5.10 Å². The van der Waals surface area contributed by atoms with Gasteiger partial charge in [-0.25, -0.2) is 0 Å². The number of hydrogen-bond donors (Lipinski definition) is 2. The van der Waals surface area contributed by atoms with Gasteiger partial charge in [0.15, 0.2) is 11.5 Å². The number of H-pyrrole nitrogens is 1. The Bertz CT molecular complexity index is 759. The van der Waals surface area contributed by atoms with Crippen LogP contribution in [-0.4, -0.2) is 54.4 Å². The zero-order valence-corrected chi connectivity index (χ0v) is 14.8. The van der Waals surface area contributed by atoms with Gasteiger partial charge >= 0.3 is 0 Å². The van der Waals surface area contributed by atoms with E-state index in [0.29, 0.717) is 41.9 Å². The molecule has 3 rings (SSSR count). The van der Waals surface area contributed by atoms with Crippen molar-refractivity contribution < 1.29 is 14.3 Å². The predicted molar refractivity (Wildman–Crippen MR) is 94.8 cm³/mol. The molecule has 2 heterocycles. The number of aromatic amines is 1. The maximum absolute atomic E-state index is 12.8. The van der Waals surface area contributed by atoms with Gasteiger partial charge in [0.2, 0.25) is 0 Å². The van der Waals surface area contributed by atoms with Crippen LogP contribution in [0.25, 0.3) is 11.3 Å². The predicted octanol–water partition coefficient (Wildman–Crippen LogP) is 1.90. The van der Waals surface area contributed by atoms with Crippen molar-refractivity contribution in [1.82, 2.24) is 15.1 Å². The number of methoxy groups -OCH3 is 2. The SMILES string of the molecule is COc1ccc(-c2cc(C(=O)N3CC(CN)CC3C)[nH]n2)cc1OC. The zero-order chi connectivity index (χ0) is 18.0. The van der Waals surface area contributed by atoms with Gasteiger partial charge in [-0.05, 0) is 50.1 Å². The summed E-state index contributed by atoms with van der Waals surface area (Å²) in [7, 11) is 3.18. The Morgan fingerprint density at radius 1 is 1.32 bits per heavy atom. The van der Waals surface area contributed by atoms with Crippen molar-refractivity contribution >= 4 is 5.91 Å². The van der Waals surface area contributed by atoms with E-state index in [4.69, 9.17) is 15.2 Å². The molecule has 0 saturated carbocycles. The molecule has 2 unspecified atom stereocenters. The lowest BCUT2D eigenvalue weighted by molar-refractivity contribution is 0.0737. The van der Waals surface area contributed by atoms with Crippen LogP contribution in [0, 0.1) is 5.92 Å². The quantitative estimate of drug-likeness (QED) is 0.864. The second-order valence-corrected chi connectivity index (χ2v) is 6.38. The molecule has 1 aliphatic rings. The lowest BCUT2D eigenvalue weighted by Crippen LogP contribution is -2.34. The van der Waals surface area contributed by atoms with Crippen molar-refractivity contribution in [3.8, 4) is 22.8 Å². The fourth-order valence-corrected chi connectivity index (χ4v) is 3.33. The number of amides is 1. The fourth-order valence-electron chi connectivity index (χ4n) is 3.33. The van der Waals surface area contributed by atoms with Gasteiger partial charge in [-0.15, -0.1) is 0 Å². The van der Waals surface area contributed by atoms with E-state index in [0.717, 1.165) is 12.0 Å². The number of nitrogens with two attached hydrogens (primary N) is 1. The molecule has 1 saturated heterocycles. The van der Waals surface area contributed by atoms with E-state index in [1.807, 2.05) is 23.1 Å². The van der Waals surface area contributed by atoms with Crippen LogP contribution in [0.15, 0.2) is 24.3 Å². The molecule has 134 valence electrons. The molecule has 0 aliphatic carbocycles. The summed E-state index contributed by atoms with van der Waals surface area (Å²) in [5.41, 5.74) is 7.76. The Morgan fingerprint density at radius 3 is 2.72 bits per heavy atom. The number of hydrogen-bond acceptors (Lipinski definition) is 5. The summed E-state index contributed by atoms with van der Waals surface area (Å²) in [5, 5.41) is 7.14. The summed E-state index contributed by atoms with van der Waals surface area (Å²) < 4.78 is 10.6. The number of likely N-dealkylation sites (tertiary alicyclic amines) is 1. The van der Waals surface area contributed by atoms with Crippen LogP contribution in [0.5, 0.6) is 11.5 Å². The summed E-state index contributed by atoms with van der Waals surface area (Å²) in [6, 6.07) is 7.50. The molecule has 25 heavy (non-hydrogen) atoms. The molecule has 2 aromatic rings. The third-order valence-corrected chi connectivity index (χ3v) is 4.74. The Balaban J connectivity index is 1.82. The zero-order valence-electron chi connectivity index (χ0n) is 14.8. The third kappa shape index (κ3) is 3.32. The molecule has 0 bridgehead atoms. The van der Waals surface area contributed by atoms with E-state index in [9.17, 15) is 4.79 Å². The molecule has 1 aliphatic heterocycles. The highest BCUT2D eigenvalue weighted by molar-refractivity contribution is 5.93. The maximum Gasteiger partial charge on any atom is 0.272 e. The standard InChI is InChI=1S/C18H24N4O3/c1-11-6-12(9-19)10-22(11)18(23)15-8-14(20-21-15)13-4-5-16(24-2)17(7-13)25-3/h4-5,7-8,11-12H,6,9-10,19H2,1-3H3,(H,20,21). The Morgan fingerprint density at radius 2 is 2.08 bits per heavy atom. The lowest BCUT2D eigenvalue weighted by Gasteiger charge is -2.20. The van der Waals surface area contributed by atoms with Crippen LogP contribution in [0.2, 0.25) is 0 Å². The lowest BCUT2D eigenvalue weighted by atomic mass is 10.1. The van der Waals surface area contributed by atoms with Crippen molar-refractivity contribution in [3.05, 3.63) is 30.0 Å². The molecular formula is C18H24N4O3. The highest BCUT2D eigenvalue weighted by Gasteiger charge is 2.32. The van der Waals surface area contributed by atoms with E-state index in [1.165, 1.54) is 0 Å². The Labute approximate surface area is 147 Å². The second kappa shape index (κ2) is 7.14. The average Bonchev–Trinajstić information content (AvgIpc) is 3.27. The van der Waals surface area contributed by atoms with Gasteiger partial charge in [0.05, 0.1) is 19.9 Å². The number of carbonyl (C=O) groups is 1. The Hall–Kier alpha value is -2.54. The smallest absolute Gasteiger partial charge is 0.272 e. The van der Waals surface area contributed by atoms with Crippen LogP contribution in [0.1, 0.15) is 23.8 Å². The van der Waals surface area contributed by atoms with Crippen molar-refractivity contribution in [1.29, 1.82) is 0 Å². The minimum absolute atomic E-state index is 0.0392. The van der Waals surface area contributed by atoms with E-state index in [1.54, 1.807) is 20.3 Å². The van der Waals surface area contributed by atoms with Gasteiger partial charge in [0.1, 0.15) is 5.69 Å². The van der Waals surface area contributed by atoms with E-state index in [-0.39, 0.29) is 11.9 Å². The molecular weight excluding hydrogens is 320 g/mol. The van der Waals surface area contributed by atoms with Crippen LogP contribution in [0.4, 0.5) is 0 Å². The molecule has 3 N–H and O–H groups in total. The number of carbonyl (C=O) groups excluding carboxylic acids is 1. The summed E-state index contributed by atoms with van der Waals surface area (Å²) >= 11 is 0. The summed E-state index contributed by atoms with van der Waals surface area (Å²) in [6.07, 6.45) is 0.943. The van der Waals surface area contributed by atoms with E-state index < -0.39 is 0 Å². The fraction of sp³-hybridized carbons (Fsp3) is 0.444. The first-order chi connectivity index (χ1) is 12.1. The van der Waals surface area contributed by atoms with Crippen LogP contribution in [-0.2, 0) is 0 Å². The normalized spacial score (nSPS) is 19.9. The van der Waals surface area contributed by atoms with Gasteiger partial charge in [0, 0.05) is 18.2 Å². The number of rotatable bonds is 5. The summed E-state index contributed by atoms with van der Waals surface area (Å²) in [5.74, 6) is 1.60. The maximum atomic E-state index is 12.8. The van der Waals surface area contributed by atoms with Crippen molar-refractivity contribution in [3.63, 3.8) is 0 Å². The molecule has 7 heteroatoms. The first-order valence-electron chi connectivity index (χ1n) is 8.36. The van der Waals surface area contributed by atoms with Gasteiger partial charge in [-0.3, -0.25) is 9.89 Å². The molecule has 1 aromatic carbocycles. The minimum atomic E-state index is -0.0392. The van der Waals surface area contributed by atoms with E-state index >= 15 is 0 Å². The monoisotopic (exact) mass is 344 g/mol. The largest absolute Gasteiger partial charge is 0.493 e. The molecule has 7 nitrogen and oxygen atoms in total. The van der Waals surface area contributed by atoms with Crippen molar-refractivity contribution in [2.24, 2.45) is 11.7 Å². The topological polar surface area (TPSA) is 93.5 Å². The molecule has 1 fully saturated rings. The first-order valence-corrected chi connectivity index (χ1v) is 8.36.